The number of anilines is 2. The van der Waals surface area contributed by atoms with Crippen LogP contribution in [0.25, 0.3) is 11.2 Å². The highest BCUT2D eigenvalue weighted by Gasteiger charge is 2.43. The molecule has 0 saturated heterocycles. The second kappa shape index (κ2) is 30.1. The lowest BCUT2D eigenvalue weighted by atomic mass is 10.1. The molecule has 2 atom stereocenters. The fourth-order valence-corrected chi connectivity index (χ4v) is 7.74. The number of amides is 4. The number of nitrogens with one attached hydrogen (secondary N) is 4. The summed E-state index contributed by atoms with van der Waals surface area (Å²) in [5.74, 6) is -5.45. The minimum atomic E-state index is -5.34. The summed E-state index contributed by atoms with van der Waals surface area (Å²) in [6.07, 6.45) is -3.87. The number of fused-ring (bicyclic) bond motifs is 1. The number of rotatable bonds is 31. The average Bonchev–Trinajstić information content (AvgIpc) is 3.31. The van der Waals surface area contributed by atoms with Gasteiger partial charge in [0.2, 0.25) is 17.8 Å². The molecule has 4 amide bonds. The maximum absolute atomic E-state index is 13.8. The number of carbonyl (C=O) groups is 5. The zero-order valence-corrected chi connectivity index (χ0v) is 41.2. The third-order valence-corrected chi connectivity index (χ3v) is 11.7. The standard InChI is InChI=1S/C44H62F3N10O12P/c1-28(2)38(59)54-43-53-37-36(40(61)55-43)51-32(26-50-37)27-56(42(63)44(45,46)47)33-12-10-31(11-13-33)39(60)52-34(41(62)64-7)14-15-35(58)49-17-9-18-65-20-21-66-22-23-67-24-25-69-70(68-19-8-16-48)57(29(3)4)30(5)6/h10-13,26,28-30,34H,8-9,14-15,17-25,27H2,1-7H3,(H,49,58)(H,52,60)(H2,50,53,54,55,59,61)/t34-,70?/m0/s1. The van der Waals surface area contributed by atoms with Gasteiger partial charge in [-0.2, -0.15) is 23.4 Å². The normalized spacial score (nSPS) is 12.5. The first-order valence-corrected chi connectivity index (χ1v) is 23.6. The number of hydrogen-bond donors (Lipinski definition) is 4. The van der Waals surface area contributed by atoms with Gasteiger partial charge in [-0.3, -0.25) is 39.2 Å². The highest BCUT2D eigenvalue weighted by Crippen LogP contribution is 2.45. The Morgan fingerprint density at radius 2 is 1.49 bits per heavy atom. The molecular formula is C44H62F3N10O12P. The summed E-state index contributed by atoms with van der Waals surface area (Å²) >= 11 is 0. The Morgan fingerprint density at radius 3 is 2.07 bits per heavy atom. The third-order valence-electron chi connectivity index (χ3n) is 9.56. The number of hydrogen-bond acceptors (Lipinski definition) is 17. The number of carbonyl (C=O) groups excluding carboxylic acids is 5. The van der Waals surface area contributed by atoms with Gasteiger partial charge in [0.05, 0.1) is 84.3 Å². The van der Waals surface area contributed by atoms with E-state index in [2.05, 4.69) is 74.3 Å². The molecule has 0 aliphatic heterocycles. The van der Waals surface area contributed by atoms with Crippen LogP contribution in [-0.2, 0) is 53.7 Å². The van der Waals surface area contributed by atoms with Crippen LogP contribution in [0, 0.1) is 17.2 Å². The molecule has 1 aromatic carbocycles. The molecule has 3 aromatic rings. The van der Waals surface area contributed by atoms with Gasteiger partial charge in [0.15, 0.2) is 11.2 Å². The Hall–Kier alpha value is -5.74. The fraction of sp³-hybridized carbons (Fsp3) is 0.591. The number of aromatic nitrogens is 4. The van der Waals surface area contributed by atoms with Crippen LogP contribution < -0.4 is 26.4 Å². The molecule has 0 bridgehead atoms. The molecule has 22 nitrogen and oxygen atoms in total. The first kappa shape index (κ1) is 58.6. The van der Waals surface area contributed by atoms with E-state index in [0.717, 1.165) is 37.6 Å². The number of halogens is 3. The SMILES string of the molecule is COC(=O)[C@H](CCC(=O)NCCCOCCOCCOCCOP(OCCC#N)N(C(C)C)C(C)C)NC(=O)c1ccc(N(Cc2cnc3nc(NC(=O)C(C)C)[nH]c(=O)c3n2)C(=O)C(F)(F)F)cc1. The summed E-state index contributed by atoms with van der Waals surface area (Å²) in [4.78, 5) is 90.4. The van der Waals surface area contributed by atoms with Gasteiger partial charge in [0, 0.05) is 48.8 Å². The monoisotopic (exact) mass is 1010 g/mol. The van der Waals surface area contributed by atoms with Crippen molar-refractivity contribution in [3.8, 4) is 6.07 Å². The van der Waals surface area contributed by atoms with Crippen molar-refractivity contribution < 1.29 is 65.1 Å². The predicted molar refractivity (Wildman–Crippen MR) is 249 cm³/mol. The second-order valence-corrected chi connectivity index (χ2v) is 17.5. The minimum Gasteiger partial charge on any atom is -0.467 e. The van der Waals surface area contributed by atoms with E-state index in [1.54, 1.807) is 13.8 Å². The molecule has 4 N–H and O–H groups in total. The Bertz CT molecular complexity index is 2260. The summed E-state index contributed by atoms with van der Waals surface area (Å²) in [7, 11) is -0.240. The summed E-state index contributed by atoms with van der Waals surface area (Å²) in [5, 5.41) is 16.4. The van der Waals surface area contributed by atoms with Crippen LogP contribution >= 0.6 is 8.53 Å². The van der Waals surface area contributed by atoms with Crippen LogP contribution in [0.1, 0.15) is 83.3 Å². The van der Waals surface area contributed by atoms with Crippen LogP contribution in [0.4, 0.5) is 24.8 Å². The van der Waals surface area contributed by atoms with Gasteiger partial charge in [-0.1, -0.05) is 13.8 Å². The smallest absolute Gasteiger partial charge is 0.467 e. The van der Waals surface area contributed by atoms with Crippen molar-refractivity contribution in [3.63, 3.8) is 0 Å². The molecule has 0 aliphatic carbocycles. The molecule has 0 radical (unpaired) electrons. The van der Waals surface area contributed by atoms with E-state index < -0.39 is 68.4 Å². The quantitative estimate of drug-likeness (QED) is 0.0397. The molecule has 0 spiro atoms. The van der Waals surface area contributed by atoms with Crippen molar-refractivity contribution in [2.75, 3.05) is 76.7 Å². The summed E-state index contributed by atoms with van der Waals surface area (Å²) < 4.78 is 76.8. The van der Waals surface area contributed by atoms with E-state index >= 15 is 0 Å². The zero-order chi connectivity index (χ0) is 51.8. The highest BCUT2D eigenvalue weighted by molar-refractivity contribution is 7.44. The summed E-state index contributed by atoms with van der Waals surface area (Å²) in [6.45, 7) is 13.6. The Labute approximate surface area is 404 Å². The summed E-state index contributed by atoms with van der Waals surface area (Å²) in [5.41, 5.74) is -2.05. The highest BCUT2D eigenvalue weighted by atomic mass is 31.2. The largest absolute Gasteiger partial charge is 0.471 e. The number of H-pyrrole nitrogens is 1. The van der Waals surface area contributed by atoms with E-state index in [9.17, 15) is 41.9 Å². The van der Waals surface area contributed by atoms with Gasteiger partial charge in [-0.05, 0) is 64.8 Å². The molecule has 2 heterocycles. The van der Waals surface area contributed by atoms with Crippen molar-refractivity contribution in [1.29, 1.82) is 5.26 Å². The Balaban J connectivity index is 1.41. The molecule has 0 saturated carbocycles. The molecule has 3 rings (SSSR count). The molecular weight excluding hydrogens is 949 g/mol. The topological polar surface area (TPSA) is 279 Å². The first-order valence-electron chi connectivity index (χ1n) is 22.4. The number of nitrogens with zero attached hydrogens (tertiary/aromatic N) is 6. The van der Waals surface area contributed by atoms with E-state index in [1.165, 1.54) is 0 Å². The molecule has 0 aliphatic rings. The first-order chi connectivity index (χ1) is 33.3. The molecule has 1 unspecified atom stereocenters. The maximum atomic E-state index is 13.8. The number of alkyl halides is 3. The van der Waals surface area contributed by atoms with E-state index in [4.69, 9.17) is 33.3 Å². The lowest BCUT2D eigenvalue weighted by molar-refractivity contribution is -0.170. The molecule has 386 valence electrons. The second-order valence-electron chi connectivity index (χ2n) is 16.0. The van der Waals surface area contributed by atoms with Crippen molar-refractivity contribution >= 4 is 60.9 Å². The number of methoxy groups -OCH3 is 1. The number of esters is 1. The Kier molecular flexibility index (Phi) is 25.2. The third kappa shape index (κ3) is 19.9. The molecule has 0 fully saturated rings. The van der Waals surface area contributed by atoms with Crippen molar-refractivity contribution in [2.45, 2.75) is 98.1 Å². The average molecular weight is 1010 g/mol. The van der Waals surface area contributed by atoms with Gasteiger partial charge in [0.1, 0.15) is 6.04 Å². The van der Waals surface area contributed by atoms with Gasteiger partial charge >= 0.3 is 18.1 Å². The fourth-order valence-electron chi connectivity index (χ4n) is 6.17. The molecule has 2 aromatic heterocycles. The number of nitriles is 1. The van der Waals surface area contributed by atoms with Crippen molar-refractivity contribution in [3.05, 3.63) is 52.1 Å². The minimum absolute atomic E-state index is 0.102. The van der Waals surface area contributed by atoms with Crippen LogP contribution in [0.5, 0.6) is 0 Å². The van der Waals surface area contributed by atoms with Gasteiger partial charge < -0.3 is 38.6 Å². The number of ether oxygens (including phenoxy) is 4. The lowest BCUT2D eigenvalue weighted by Crippen LogP contribution is -2.42. The Morgan fingerprint density at radius 1 is 0.871 bits per heavy atom. The maximum Gasteiger partial charge on any atom is 0.471 e. The van der Waals surface area contributed by atoms with E-state index in [1.807, 2.05) is 0 Å². The molecule has 26 heteroatoms. The van der Waals surface area contributed by atoms with Gasteiger partial charge in [-0.15, -0.1) is 0 Å². The number of benzene rings is 1. The van der Waals surface area contributed by atoms with Gasteiger partial charge in [-0.25, -0.2) is 19.4 Å². The van der Waals surface area contributed by atoms with Gasteiger partial charge in [0.25, 0.3) is 20.0 Å². The van der Waals surface area contributed by atoms with E-state index in [-0.39, 0.29) is 71.9 Å². The lowest BCUT2D eigenvalue weighted by Gasteiger charge is -2.35. The van der Waals surface area contributed by atoms with Crippen LogP contribution in [0.2, 0.25) is 0 Å². The van der Waals surface area contributed by atoms with Crippen LogP contribution in [0.3, 0.4) is 0 Å². The van der Waals surface area contributed by atoms with E-state index in [0.29, 0.717) is 64.2 Å². The van der Waals surface area contributed by atoms with Crippen molar-refractivity contribution in [1.82, 2.24) is 35.2 Å². The molecule has 70 heavy (non-hydrogen) atoms. The van der Waals surface area contributed by atoms with Crippen LogP contribution in [0.15, 0.2) is 35.3 Å². The number of aromatic amines is 1. The van der Waals surface area contributed by atoms with Crippen LogP contribution in [-0.4, -0.2) is 145 Å². The van der Waals surface area contributed by atoms with Crippen molar-refractivity contribution in [2.24, 2.45) is 5.92 Å². The summed E-state index contributed by atoms with van der Waals surface area (Å²) in [6, 6.07) is 5.59. The zero-order valence-electron chi connectivity index (χ0n) is 40.3. The predicted octanol–water partition coefficient (Wildman–Crippen LogP) is 4.30.